The predicted molar refractivity (Wildman–Crippen MR) is 210 cm³/mol. The average Bonchev–Trinajstić information content (AvgIpc) is 3.71. The van der Waals surface area contributed by atoms with Gasteiger partial charge < -0.3 is 4.42 Å². The van der Waals surface area contributed by atoms with Crippen molar-refractivity contribution in [3.8, 4) is 67.3 Å². The second-order valence-electron chi connectivity index (χ2n) is 13.2. The molecule has 1 aliphatic rings. The highest BCUT2D eigenvalue weighted by atomic mass is 16.4. The summed E-state index contributed by atoms with van der Waals surface area (Å²) < 4.78 is 6.07. The number of fused-ring (bicyclic) bond motifs is 1. The van der Waals surface area contributed by atoms with E-state index in [0.717, 1.165) is 61.4 Å². The smallest absolute Gasteiger partial charge is 0.247 e. The van der Waals surface area contributed by atoms with Crippen molar-refractivity contribution >= 4 is 11.0 Å². The minimum Gasteiger partial charge on any atom is -0.420 e. The molecule has 5 nitrogen and oxygen atoms in total. The Bertz CT molecular complexity index is 2550. The lowest BCUT2D eigenvalue weighted by Crippen LogP contribution is -2.07. The molecule has 0 radical (unpaired) electrons. The Labute approximate surface area is 302 Å². The van der Waals surface area contributed by atoms with E-state index < -0.39 is 0 Å². The van der Waals surface area contributed by atoms with Gasteiger partial charge in [-0.1, -0.05) is 159 Å². The number of nitrogens with zero attached hydrogens (tertiary/aromatic N) is 4. The Morgan fingerprint density at radius 1 is 0.404 bits per heavy atom. The molecule has 0 saturated heterocycles. The van der Waals surface area contributed by atoms with Gasteiger partial charge in [0.05, 0.1) is 28.3 Å². The van der Waals surface area contributed by atoms with Crippen LogP contribution in [0, 0.1) is 5.92 Å². The predicted octanol–water partition coefficient (Wildman–Crippen LogP) is 11.9. The van der Waals surface area contributed by atoms with Crippen molar-refractivity contribution in [2.75, 3.05) is 0 Å². The summed E-state index contributed by atoms with van der Waals surface area (Å²) in [5.74, 6) is 1.63. The molecular weight excluding hydrogens is 637 g/mol. The molecule has 9 rings (SSSR count). The van der Waals surface area contributed by atoms with Gasteiger partial charge in [-0.05, 0) is 63.6 Å². The highest BCUT2D eigenvalue weighted by Gasteiger charge is 2.23. The fourth-order valence-corrected chi connectivity index (χ4v) is 6.85. The third kappa shape index (κ3) is 6.14. The summed E-state index contributed by atoms with van der Waals surface area (Å²) in [4.78, 5) is 10.1. The molecule has 2 heterocycles. The van der Waals surface area contributed by atoms with Crippen molar-refractivity contribution in [3.05, 3.63) is 182 Å². The quantitative estimate of drug-likeness (QED) is 0.169. The van der Waals surface area contributed by atoms with E-state index in [0.29, 0.717) is 17.7 Å². The van der Waals surface area contributed by atoms with Crippen molar-refractivity contribution in [2.24, 2.45) is 5.92 Å². The monoisotopic (exact) mass is 670 g/mol. The summed E-state index contributed by atoms with van der Waals surface area (Å²) in [6, 6.07) is 52.7. The van der Waals surface area contributed by atoms with E-state index in [4.69, 9.17) is 14.4 Å². The molecule has 2 atom stereocenters. The van der Waals surface area contributed by atoms with Crippen molar-refractivity contribution < 1.29 is 4.42 Å². The third-order valence-corrected chi connectivity index (χ3v) is 9.81. The van der Waals surface area contributed by atoms with Crippen LogP contribution in [0.15, 0.2) is 180 Å². The standard InChI is InChI=1S/C47H34N4O/c1-31-9-5-6-12-41(31)47-51-50-46(52-47)40-29-25-37(26-30-40)35-21-17-33(18-22-35)32-15-19-34(20-16-32)36-23-27-39(28-24-36)45-44(38-10-3-2-4-11-38)48-42-13-7-8-14-43(42)49-45/h2-31,41H,1H3. The van der Waals surface area contributed by atoms with Crippen LogP contribution in [0.1, 0.15) is 18.7 Å². The van der Waals surface area contributed by atoms with Gasteiger partial charge in [0.15, 0.2) is 0 Å². The molecule has 2 aromatic heterocycles. The van der Waals surface area contributed by atoms with Crippen LogP contribution < -0.4 is 0 Å². The second-order valence-corrected chi connectivity index (χ2v) is 13.2. The summed E-state index contributed by atoms with van der Waals surface area (Å²) in [6.45, 7) is 2.16. The van der Waals surface area contributed by atoms with Gasteiger partial charge in [-0.25, -0.2) is 9.97 Å². The van der Waals surface area contributed by atoms with Crippen LogP contribution in [0.5, 0.6) is 0 Å². The zero-order chi connectivity index (χ0) is 34.9. The molecule has 5 heteroatoms. The van der Waals surface area contributed by atoms with Crippen LogP contribution in [0.4, 0.5) is 0 Å². The average molecular weight is 671 g/mol. The van der Waals surface area contributed by atoms with E-state index >= 15 is 0 Å². The number of benzene rings is 6. The summed E-state index contributed by atoms with van der Waals surface area (Å²) in [7, 11) is 0. The van der Waals surface area contributed by atoms with Crippen molar-refractivity contribution in [3.63, 3.8) is 0 Å². The topological polar surface area (TPSA) is 64.7 Å². The Kier molecular flexibility index (Phi) is 8.14. The Morgan fingerprint density at radius 2 is 0.808 bits per heavy atom. The maximum absolute atomic E-state index is 6.07. The third-order valence-electron chi connectivity index (χ3n) is 9.81. The van der Waals surface area contributed by atoms with Gasteiger partial charge >= 0.3 is 0 Å². The lowest BCUT2D eigenvalue weighted by Gasteiger charge is -2.15. The Balaban J connectivity index is 0.903. The van der Waals surface area contributed by atoms with E-state index in [1.54, 1.807) is 0 Å². The Morgan fingerprint density at radius 3 is 1.29 bits per heavy atom. The molecule has 0 N–H and O–H groups in total. The molecule has 6 aromatic carbocycles. The van der Waals surface area contributed by atoms with Gasteiger partial charge in [-0.15, -0.1) is 10.2 Å². The van der Waals surface area contributed by atoms with Crippen LogP contribution in [0.3, 0.4) is 0 Å². The van der Waals surface area contributed by atoms with Crippen molar-refractivity contribution in [1.29, 1.82) is 0 Å². The number of para-hydroxylation sites is 2. The minimum absolute atomic E-state index is 0.110. The molecular formula is C47H34N4O. The summed E-state index contributed by atoms with van der Waals surface area (Å²) in [5.41, 5.74) is 13.5. The number of hydrogen-bond acceptors (Lipinski definition) is 5. The van der Waals surface area contributed by atoms with E-state index in [1.165, 1.54) is 11.1 Å². The van der Waals surface area contributed by atoms with Crippen LogP contribution in [0.25, 0.3) is 78.4 Å². The van der Waals surface area contributed by atoms with Crippen LogP contribution in [0.2, 0.25) is 0 Å². The first-order valence-electron chi connectivity index (χ1n) is 17.6. The molecule has 8 aromatic rings. The Hall–Kier alpha value is -6.72. The molecule has 248 valence electrons. The van der Waals surface area contributed by atoms with Gasteiger partial charge in [0, 0.05) is 16.7 Å². The molecule has 0 aliphatic heterocycles. The molecule has 2 unspecified atom stereocenters. The summed E-state index contributed by atoms with van der Waals surface area (Å²) in [6.07, 6.45) is 8.38. The minimum atomic E-state index is 0.110. The lowest BCUT2D eigenvalue weighted by atomic mass is 9.90. The number of aromatic nitrogens is 4. The molecule has 1 aliphatic carbocycles. The first kappa shape index (κ1) is 31.3. The van der Waals surface area contributed by atoms with Crippen LogP contribution in [-0.4, -0.2) is 20.2 Å². The zero-order valence-electron chi connectivity index (χ0n) is 28.6. The second kappa shape index (κ2) is 13.5. The highest BCUT2D eigenvalue weighted by Crippen LogP contribution is 2.34. The number of rotatable bonds is 7. The van der Waals surface area contributed by atoms with Gasteiger partial charge in [0.1, 0.15) is 0 Å². The van der Waals surface area contributed by atoms with Crippen LogP contribution >= 0.6 is 0 Å². The van der Waals surface area contributed by atoms with E-state index in [-0.39, 0.29) is 5.92 Å². The number of allylic oxidation sites excluding steroid dienone is 4. The number of hydrogen-bond donors (Lipinski definition) is 0. The van der Waals surface area contributed by atoms with Gasteiger partial charge in [-0.2, -0.15) is 0 Å². The molecule has 0 spiro atoms. The maximum atomic E-state index is 6.07. The zero-order valence-corrected chi connectivity index (χ0v) is 28.6. The normalized spacial score (nSPS) is 15.2. The fourth-order valence-electron chi connectivity index (χ4n) is 6.85. The first-order chi connectivity index (χ1) is 25.7. The van der Waals surface area contributed by atoms with Gasteiger partial charge in [0.2, 0.25) is 11.8 Å². The highest BCUT2D eigenvalue weighted by molar-refractivity contribution is 5.87. The largest absolute Gasteiger partial charge is 0.420 e. The lowest BCUT2D eigenvalue weighted by molar-refractivity contribution is 0.447. The maximum Gasteiger partial charge on any atom is 0.247 e. The summed E-state index contributed by atoms with van der Waals surface area (Å²) >= 11 is 0. The van der Waals surface area contributed by atoms with E-state index in [9.17, 15) is 0 Å². The van der Waals surface area contributed by atoms with Crippen LogP contribution in [-0.2, 0) is 0 Å². The molecule has 0 fully saturated rings. The van der Waals surface area contributed by atoms with Gasteiger partial charge in [-0.3, -0.25) is 0 Å². The SMILES string of the molecule is CC1C=CC=CC1c1nnc(-c2ccc(-c3ccc(-c4ccc(-c5ccc(-c6nc7ccccc7nc6-c6ccccc6)cc5)cc4)cc3)cc2)o1. The van der Waals surface area contributed by atoms with Gasteiger partial charge in [0.25, 0.3) is 0 Å². The fraction of sp³-hybridized carbons (Fsp3) is 0.0638. The molecule has 0 saturated carbocycles. The summed E-state index contributed by atoms with van der Waals surface area (Å²) in [5, 5.41) is 8.67. The first-order valence-corrected chi connectivity index (χ1v) is 17.6. The van der Waals surface area contributed by atoms with E-state index in [2.05, 4.69) is 132 Å². The molecule has 52 heavy (non-hydrogen) atoms. The molecule has 0 amide bonds. The van der Waals surface area contributed by atoms with Crippen molar-refractivity contribution in [1.82, 2.24) is 20.2 Å². The van der Waals surface area contributed by atoms with E-state index in [1.807, 2.05) is 60.7 Å². The van der Waals surface area contributed by atoms with Crippen molar-refractivity contribution in [2.45, 2.75) is 12.8 Å². The molecule has 0 bridgehead atoms.